The molecule has 1 aliphatic carbocycles. The maximum Gasteiger partial charge on any atom is 0.0626 e. The summed E-state index contributed by atoms with van der Waals surface area (Å²) in [4.78, 5) is 0. The lowest BCUT2D eigenvalue weighted by Crippen LogP contribution is -2.37. The van der Waals surface area contributed by atoms with E-state index in [9.17, 15) is 0 Å². The Kier molecular flexibility index (Phi) is 5.35. The Balaban J connectivity index is 1.76. The average Bonchev–Trinajstić information content (AvgIpc) is 2.88. The molecule has 0 heterocycles. The molecule has 0 bridgehead atoms. The smallest absolute Gasteiger partial charge is 0.0626 e. The summed E-state index contributed by atoms with van der Waals surface area (Å²) in [7, 11) is 1.69. The summed E-state index contributed by atoms with van der Waals surface area (Å²) in [5.74, 6) is 1.05. The maximum atomic E-state index is 5.75. The molecule has 1 saturated carbocycles. The van der Waals surface area contributed by atoms with Crippen molar-refractivity contribution in [3.05, 3.63) is 0 Å². The molecule has 1 fully saturated rings. The van der Waals surface area contributed by atoms with Gasteiger partial charge in [0.15, 0.2) is 0 Å². The van der Waals surface area contributed by atoms with Crippen LogP contribution in [0, 0.1) is 5.92 Å². The molecule has 1 rings (SSSR count). The van der Waals surface area contributed by atoms with Crippen LogP contribution in [0.15, 0.2) is 0 Å². The highest BCUT2D eigenvalue weighted by Gasteiger charge is 2.19. The Bertz CT molecular complexity index is 126. The van der Waals surface area contributed by atoms with Crippen molar-refractivity contribution in [1.82, 2.24) is 5.32 Å². The van der Waals surface area contributed by atoms with Gasteiger partial charge in [-0.25, -0.2) is 0 Å². The number of nitrogens with one attached hydrogen (secondary N) is 1. The highest BCUT2D eigenvalue weighted by molar-refractivity contribution is 4.73. The first-order chi connectivity index (χ1) is 6.33. The summed E-state index contributed by atoms with van der Waals surface area (Å²) in [6.07, 6.45) is 5.61. The first kappa shape index (κ1) is 11.0. The van der Waals surface area contributed by atoms with Gasteiger partial charge < -0.3 is 15.8 Å². The monoisotopic (exact) mass is 186 g/mol. The van der Waals surface area contributed by atoms with Crippen LogP contribution in [0.3, 0.4) is 0 Å². The zero-order valence-electron chi connectivity index (χ0n) is 8.59. The standard InChI is InChI=1S/C10H22N2O/c1-13-8-10(11)7-12-6-2-3-9-4-5-9/h9-10,12H,2-8,11H2,1H3. The first-order valence-corrected chi connectivity index (χ1v) is 5.28. The minimum absolute atomic E-state index is 0.144. The van der Waals surface area contributed by atoms with Crippen molar-refractivity contribution >= 4 is 0 Å². The molecule has 13 heavy (non-hydrogen) atoms. The molecule has 0 spiro atoms. The largest absolute Gasteiger partial charge is 0.383 e. The van der Waals surface area contributed by atoms with E-state index in [2.05, 4.69) is 5.32 Å². The van der Waals surface area contributed by atoms with E-state index in [4.69, 9.17) is 10.5 Å². The van der Waals surface area contributed by atoms with Crippen molar-refractivity contribution < 1.29 is 4.74 Å². The fraction of sp³-hybridized carbons (Fsp3) is 1.00. The van der Waals surface area contributed by atoms with E-state index in [1.807, 2.05) is 0 Å². The molecule has 0 aromatic heterocycles. The van der Waals surface area contributed by atoms with Crippen molar-refractivity contribution in [2.24, 2.45) is 11.7 Å². The van der Waals surface area contributed by atoms with Gasteiger partial charge in [0, 0.05) is 19.7 Å². The number of rotatable bonds is 8. The number of hydrogen-bond acceptors (Lipinski definition) is 3. The minimum Gasteiger partial charge on any atom is -0.383 e. The lowest BCUT2D eigenvalue weighted by Gasteiger charge is -2.11. The van der Waals surface area contributed by atoms with Crippen molar-refractivity contribution in [2.45, 2.75) is 31.7 Å². The molecule has 0 aromatic carbocycles. The van der Waals surface area contributed by atoms with Crippen LogP contribution in [-0.4, -0.2) is 32.8 Å². The summed E-state index contributed by atoms with van der Waals surface area (Å²) in [5.41, 5.74) is 5.75. The van der Waals surface area contributed by atoms with Crippen LogP contribution in [0.5, 0.6) is 0 Å². The second kappa shape index (κ2) is 6.35. The van der Waals surface area contributed by atoms with E-state index in [1.54, 1.807) is 7.11 Å². The highest BCUT2D eigenvalue weighted by atomic mass is 16.5. The molecular formula is C10H22N2O. The lowest BCUT2D eigenvalue weighted by atomic mass is 10.2. The predicted molar refractivity (Wildman–Crippen MR) is 54.7 cm³/mol. The van der Waals surface area contributed by atoms with Gasteiger partial charge in [0.25, 0.3) is 0 Å². The van der Waals surface area contributed by atoms with Crippen LogP contribution >= 0.6 is 0 Å². The normalized spacial score (nSPS) is 18.9. The molecule has 1 unspecified atom stereocenters. The van der Waals surface area contributed by atoms with Gasteiger partial charge in [-0.2, -0.15) is 0 Å². The van der Waals surface area contributed by atoms with Gasteiger partial charge in [-0.15, -0.1) is 0 Å². The fourth-order valence-corrected chi connectivity index (χ4v) is 1.48. The Morgan fingerprint density at radius 3 is 2.92 bits per heavy atom. The Morgan fingerprint density at radius 1 is 1.54 bits per heavy atom. The topological polar surface area (TPSA) is 47.3 Å². The second-order valence-electron chi connectivity index (χ2n) is 4.01. The molecule has 0 saturated heterocycles. The molecule has 0 radical (unpaired) electrons. The van der Waals surface area contributed by atoms with Gasteiger partial charge in [0.2, 0.25) is 0 Å². The van der Waals surface area contributed by atoms with Gasteiger partial charge in [-0.1, -0.05) is 12.8 Å². The molecule has 0 amide bonds. The Labute approximate surface area is 81.0 Å². The molecule has 1 aliphatic rings. The minimum atomic E-state index is 0.144. The zero-order valence-corrected chi connectivity index (χ0v) is 8.59. The van der Waals surface area contributed by atoms with E-state index < -0.39 is 0 Å². The third-order valence-corrected chi connectivity index (χ3v) is 2.45. The van der Waals surface area contributed by atoms with Crippen LogP contribution in [0.2, 0.25) is 0 Å². The third kappa shape index (κ3) is 6.02. The number of nitrogens with two attached hydrogens (primary N) is 1. The lowest BCUT2D eigenvalue weighted by molar-refractivity contribution is 0.179. The zero-order chi connectivity index (χ0) is 9.52. The van der Waals surface area contributed by atoms with E-state index in [0.29, 0.717) is 6.61 Å². The summed E-state index contributed by atoms with van der Waals surface area (Å²) in [6.45, 7) is 2.63. The number of methoxy groups -OCH3 is 1. The van der Waals surface area contributed by atoms with Gasteiger partial charge in [0.1, 0.15) is 0 Å². The average molecular weight is 186 g/mol. The van der Waals surface area contributed by atoms with Crippen LogP contribution < -0.4 is 11.1 Å². The predicted octanol–water partition coefficient (Wildman–Crippen LogP) is 0.740. The van der Waals surface area contributed by atoms with E-state index in [-0.39, 0.29) is 6.04 Å². The summed E-state index contributed by atoms with van der Waals surface area (Å²) < 4.78 is 4.94. The van der Waals surface area contributed by atoms with Gasteiger partial charge in [-0.05, 0) is 25.3 Å². The molecule has 0 aliphatic heterocycles. The number of ether oxygens (including phenoxy) is 1. The fourth-order valence-electron chi connectivity index (χ4n) is 1.48. The van der Waals surface area contributed by atoms with Crippen LogP contribution in [-0.2, 0) is 4.74 Å². The first-order valence-electron chi connectivity index (χ1n) is 5.28. The molecule has 3 N–H and O–H groups in total. The van der Waals surface area contributed by atoms with E-state index in [1.165, 1.54) is 25.7 Å². The molecule has 78 valence electrons. The summed E-state index contributed by atoms with van der Waals surface area (Å²) >= 11 is 0. The van der Waals surface area contributed by atoms with Crippen LogP contribution in [0.4, 0.5) is 0 Å². The second-order valence-corrected chi connectivity index (χ2v) is 4.01. The Morgan fingerprint density at radius 2 is 2.31 bits per heavy atom. The molecular weight excluding hydrogens is 164 g/mol. The third-order valence-electron chi connectivity index (χ3n) is 2.45. The van der Waals surface area contributed by atoms with Gasteiger partial charge in [0.05, 0.1) is 6.61 Å². The van der Waals surface area contributed by atoms with Crippen LogP contribution in [0.25, 0.3) is 0 Å². The molecule has 0 aromatic rings. The van der Waals surface area contributed by atoms with Crippen molar-refractivity contribution in [2.75, 3.05) is 26.8 Å². The quantitative estimate of drug-likeness (QED) is 0.550. The SMILES string of the molecule is COCC(N)CNCCCC1CC1. The van der Waals surface area contributed by atoms with E-state index in [0.717, 1.165) is 19.0 Å². The van der Waals surface area contributed by atoms with Crippen molar-refractivity contribution in [3.63, 3.8) is 0 Å². The van der Waals surface area contributed by atoms with Crippen LogP contribution in [0.1, 0.15) is 25.7 Å². The van der Waals surface area contributed by atoms with Gasteiger partial charge in [-0.3, -0.25) is 0 Å². The van der Waals surface area contributed by atoms with Crippen molar-refractivity contribution in [1.29, 1.82) is 0 Å². The Hall–Kier alpha value is -0.120. The summed E-state index contributed by atoms with van der Waals surface area (Å²) in [5, 5.41) is 3.35. The summed E-state index contributed by atoms with van der Waals surface area (Å²) in [6, 6.07) is 0.144. The molecule has 3 nitrogen and oxygen atoms in total. The van der Waals surface area contributed by atoms with Crippen molar-refractivity contribution in [3.8, 4) is 0 Å². The van der Waals surface area contributed by atoms with Gasteiger partial charge >= 0.3 is 0 Å². The maximum absolute atomic E-state index is 5.75. The highest BCUT2D eigenvalue weighted by Crippen LogP contribution is 2.33. The molecule has 1 atom stereocenters. The number of hydrogen-bond donors (Lipinski definition) is 2. The van der Waals surface area contributed by atoms with E-state index >= 15 is 0 Å². The molecule has 3 heteroatoms.